The van der Waals surface area contributed by atoms with Crippen molar-refractivity contribution in [2.45, 2.75) is 37.4 Å². The zero-order valence-corrected chi connectivity index (χ0v) is 21.4. The van der Waals surface area contributed by atoms with E-state index in [0.717, 1.165) is 17.3 Å². The van der Waals surface area contributed by atoms with Crippen LogP contribution < -0.4 is 17.2 Å². The summed E-state index contributed by atoms with van der Waals surface area (Å²) in [6.45, 7) is 0. The number of carbonyl (C=O) groups is 3. The van der Waals surface area contributed by atoms with Gasteiger partial charge in [-0.05, 0) is 55.3 Å². The van der Waals surface area contributed by atoms with Crippen LogP contribution in [-0.4, -0.2) is 87.4 Å². The third kappa shape index (κ3) is 33.0. The minimum Gasteiger partial charge on any atom is -0.480 e. The molecule has 9 nitrogen and oxygen atoms in total. The third-order valence-corrected chi connectivity index (χ3v) is 4.78. The molecule has 176 valence electrons. The number of rotatable bonds is 12. The molecule has 0 aliphatic rings. The van der Waals surface area contributed by atoms with E-state index < -0.39 is 36.0 Å². The molecule has 0 radical (unpaired) electrons. The van der Waals surface area contributed by atoms with E-state index in [1.54, 1.807) is 35.3 Å². The van der Waals surface area contributed by atoms with E-state index in [-0.39, 0.29) is 29.8 Å². The third-order valence-electron chi connectivity index (χ3n) is 2.85. The van der Waals surface area contributed by atoms with Gasteiger partial charge in [-0.25, -0.2) is 0 Å². The van der Waals surface area contributed by atoms with Gasteiger partial charge in [0.1, 0.15) is 18.1 Å². The fourth-order valence-electron chi connectivity index (χ4n) is 1.10. The first-order chi connectivity index (χ1) is 12.5. The number of hydrogen-bond acceptors (Lipinski definition) is 9. The van der Waals surface area contributed by atoms with Crippen molar-refractivity contribution in [3.05, 3.63) is 0 Å². The minimum absolute atomic E-state index is 0. The molecule has 0 aliphatic carbocycles. The Labute approximate surface area is 202 Å². The van der Waals surface area contributed by atoms with Crippen LogP contribution in [0.3, 0.4) is 0 Å². The minimum atomic E-state index is -0.913. The Hall–Kier alpha value is 0.162. The molecule has 0 heterocycles. The Morgan fingerprint density at radius 1 is 0.655 bits per heavy atom. The summed E-state index contributed by atoms with van der Waals surface area (Å²) in [7, 11) is 0. The van der Waals surface area contributed by atoms with Crippen molar-refractivity contribution in [2.75, 3.05) is 36.0 Å². The van der Waals surface area contributed by atoms with E-state index in [9.17, 15) is 14.4 Å². The molecule has 3 atom stereocenters. The molecule has 0 unspecified atom stereocenters. The van der Waals surface area contributed by atoms with Gasteiger partial charge in [0.2, 0.25) is 0 Å². The van der Waals surface area contributed by atoms with Gasteiger partial charge in [0.05, 0.1) is 0 Å². The van der Waals surface area contributed by atoms with Gasteiger partial charge in [0, 0.05) is 17.4 Å². The van der Waals surface area contributed by atoms with E-state index >= 15 is 0 Å². The van der Waals surface area contributed by atoms with Crippen LogP contribution >= 0.6 is 47.7 Å². The molecule has 0 spiro atoms. The average molecular weight is 536 g/mol. The van der Waals surface area contributed by atoms with E-state index in [1.807, 2.05) is 18.8 Å². The van der Waals surface area contributed by atoms with E-state index in [1.165, 1.54) is 0 Å². The number of thioether (sulfide) groups is 3. The van der Waals surface area contributed by atoms with Crippen molar-refractivity contribution < 1.29 is 47.1 Å². The fraction of sp³-hybridized carbons (Fsp3) is 0.800. The summed E-state index contributed by atoms with van der Waals surface area (Å²) >= 11 is 4.81. The molecule has 0 saturated heterocycles. The maximum absolute atomic E-state index is 10.1. The predicted molar refractivity (Wildman–Crippen MR) is 123 cm³/mol. The quantitative estimate of drug-likeness (QED) is 0.207. The van der Waals surface area contributed by atoms with Crippen LogP contribution in [0, 0.1) is 0 Å². The van der Waals surface area contributed by atoms with Crippen LogP contribution in [-0.2, 0) is 31.7 Å². The maximum Gasteiger partial charge on any atom is 0.320 e. The number of nitrogens with two attached hydrogens (primary N) is 3. The second kappa shape index (κ2) is 28.2. The normalized spacial score (nSPS) is 12.2. The topological polar surface area (TPSA) is 190 Å². The Morgan fingerprint density at radius 2 is 0.828 bits per heavy atom. The van der Waals surface area contributed by atoms with Crippen LogP contribution in [0.15, 0.2) is 0 Å². The monoisotopic (exact) mass is 535 g/mol. The summed E-state index contributed by atoms with van der Waals surface area (Å²) in [6.07, 6.45) is 7.43. The number of halogens is 1. The van der Waals surface area contributed by atoms with Crippen LogP contribution in [0.25, 0.3) is 0 Å². The number of carboxylic acids is 3. The molecular weight excluding hydrogens is 502 g/mol. The molecule has 0 aromatic carbocycles. The van der Waals surface area contributed by atoms with Gasteiger partial charge in [-0.3, -0.25) is 14.4 Å². The number of hydrogen-bond donors (Lipinski definition) is 6. The SMILES string of the molecule is CSCC[C@H](N)C(=O)O.CSCC[C@H](N)C(=O)O.CSCC[C@H](N)C(=O)O.Cl.[Cr]. The van der Waals surface area contributed by atoms with Crippen LogP contribution in [0.5, 0.6) is 0 Å². The van der Waals surface area contributed by atoms with E-state index in [2.05, 4.69) is 0 Å². The summed E-state index contributed by atoms with van der Waals surface area (Å²) in [5, 5.41) is 24.8. The maximum atomic E-state index is 10.1. The summed E-state index contributed by atoms with van der Waals surface area (Å²) < 4.78 is 0. The van der Waals surface area contributed by atoms with Gasteiger partial charge in [-0.15, -0.1) is 12.4 Å². The zero-order chi connectivity index (χ0) is 21.8. The summed E-state index contributed by atoms with van der Waals surface area (Å²) in [6, 6.07) is -2.05. The zero-order valence-electron chi connectivity index (χ0n) is 16.8. The largest absolute Gasteiger partial charge is 0.480 e. The van der Waals surface area contributed by atoms with Crippen LogP contribution in [0.1, 0.15) is 19.3 Å². The number of aliphatic carboxylic acids is 3. The Balaban J connectivity index is -0.0000000960. The molecule has 9 N–H and O–H groups in total. The van der Waals surface area contributed by atoms with Crippen LogP contribution in [0.4, 0.5) is 0 Å². The van der Waals surface area contributed by atoms with Gasteiger partial charge >= 0.3 is 17.9 Å². The second-order valence-corrected chi connectivity index (χ2v) is 8.14. The molecule has 0 aromatic rings. The van der Waals surface area contributed by atoms with Gasteiger partial charge in [-0.1, -0.05) is 0 Å². The smallest absolute Gasteiger partial charge is 0.320 e. The molecule has 0 aromatic heterocycles. The first-order valence-electron chi connectivity index (χ1n) is 7.96. The second-order valence-electron chi connectivity index (χ2n) is 5.18. The summed E-state index contributed by atoms with van der Waals surface area (Å²) in [4.78, 5) is 30.2. The standard InChI is InChI=1S/3C5H11NO2S.ClH.Cr/c3*1-9-3-2-4(6)5(7)8;;/h3*4H,2-3,6H2,1H3,(H,7,8);1H;/t3*4-;;/m000../s1. The molecule has 0 rings (SSSR count). The van der Waals surface area contributed by atoms with Crippen molar-refractivity contribution in [1.82, 2.24) is 0 Å². The van der Waals surface area contributed by atoms with Crippen molar-refractivity contribution in [3.63, 3.8) is 0 Å². The Bertz CT molecular complexity index is 360. The first-order valence-corrected chi connectivity index (χ1v) is 12.1. The molecule has 0 bridgehead atoms. The molecule has 14 heteroatoms. The molecule has 0 aliphatic heterocycles. The van der Waals surface area contributed by atoms with E-state index in [4.69, 9.17) is 32.5 Å². The summed E-state index contributed by atoms with van der Waals surface area (Å²) in [5.74, 6) is -0.300. The van der Waals surface area contributed by atoms with Gasteiger partial charge in [0.15, 0.2) is 0 Å². The average Bonchev–Trinajstić information content (AvgIpc) is 2.62. The fourth-order valence-corrected chi connectivity index (χ4v) is 2.57. The van der Waals surface area contributed by atoms with Crippen molar-refractivity contribution in [3.8, 4) is 0 Å². The molecular formula is C15H34ClCrN3O6S3. The molecule has 0 fully saturated rings. The van der Waals surface area contributed by atoms with Crippen molar-refractivity contribution in [1.29, 1.82) is 0 Å². The predicted octanol–water partition coefficient (Wildman–Crippen LogP) is 0.874. The Morgan fingerprint density at radius 3 is 0.931 bits per heavy atom. The molecule has 0 saturated carbocycles. The Kier molecular flexibility index (Phi) is 38.5. The van der Waals surface area contributed by atoms with Gasteiger partial charge in [0.25, 0.3) is 0 Å². The molecule has 29 heavy (non-hydrogen) atoms. The van der Waals surface area contributed by atoms with Crippen molar-refractivity contribution in [2.24, 2.45) is 17.2 Å². The molecule has 0 amide bonds. The first kappa shape index (κ1) is 39.6. The van der Waals surface area contributed by atoms with Gasteiger partial charge in [-0.2, -0.15) is 35.3 Å². The van der Waals surface area contributed by atoms with E-state index in [0.29, 0.717) is 19.3 Å². The van der Waals surface area contributed by atoms with Gasteiger partial charge < -0.3 is 32.5 Å². The summed E-state index contributed by atoms with van der Waals surface area (Å²) in [5.41, 5.74) is 15.6. The van der Waals surface area contributed by atoms with Crippen molar-refractivity contribution >= 4 is 65.6 Å². The number of carboxylic acid groups (broad SMARTS) is 3. The van der Waals surface area contributed by atoms with Crippen LogP contribution in [0.2, 0.25) is 0 Å².